The Labute approximate surface area is 105 Å². The number of nitrogens with one attached hydrogen (secondary N) is 1. The predicted octanol–water partition coefficient (Wildman–Crippen LogP) is 3.43. The van der Waals surface area contributed by atoms with Crippen LogP contribution in [0.15, 0.2) is 30.3 Å². The van der Waals surface area contributed by atoms with E-state index in [0.717, 1.165) is 23.7 Å². The van der Waals surface area contributed by atoms with Crippen LogP contribution in [-0.4, -0.2) is 13.6 Å². The maximum absolute atomic E-state index is 3.42. The Morgan fingerprint density at radius 1 is 1.00 bits per heavy atom. The molecule has 2 atom stereocenters. The average molecular weight is 229 g/mol. The molecule has 4 rings (SSSR count). The molecule has 0 aliphatic heterocycles. The van der Waals surface area contributed by atoms with Gasteiger partial charge < -0.3 is 5.32 Å². The first kappa shape index (κ1) is 11.3. The van der Waals surface area contributed by atoms with E-state index in [1.54, 1.807) is 5.56 Å². The summed E-state index contributed by atoms with van der Waals surface area (Å²) in [4.78, 5) is 0. The zero-order valence-corrected chi connectivity index (χ0v) is 10.7. The molecule has 3 aliphatic carbocycles. The molecule has 3 fully saturated rings. The summed E-state index contributed by atoms with van der Waals surface area (Å²) in [6.45, 7) is 1.20. The maximum Gasteiger partial charge on any atom is -0.00149 e. The number of fused-ring (bicyclic) bond motifs is 3. The van der Waals surface area contributed by atoms with Crippen molar-refractivity contribution in [3.63, 3.8) is 0 Å². The van der Waals surface area contributed by atoms with Crippen molar-refractivity contribution in [3.05, 3.63) is 35.9 Å². The van der Waals surface area contributed by atoms with Gasteiger partial charge in [0.15, 0.2) is 0 Å². The highest BCUT2D eigenvalue weighted by molar-refractivity contribution is 5.23. The summed E-state index contributed by atoms with van der Waals surface area (Å²) in [7, 11) is 2.10. The third-order valence-corrected chi connectivity index (χ3v) is 5.02. The molecule has 0 radical (unpaired) electrons. The molecule has 0 aromatic heterocycles. The van der Waals surface area contributed by atoms with Crippen LogP contribution < -0.4 is 5.32 Å². The molecule has 1 aromatic carbocycles. The maximum atomic E-state index is 3.42. The third kappa shape index (κ3) is 2.01. The lowest BCUT2D eigenvalue weighted by atomic mass is 9.57. The first-order valence-corrected chi connectivity index (χ1v) is 7.09. The van der Waals surface area contributed by atoms with Crippen molar-refractivity contribution in [2.75, 3.05) is 13.6 Å². The summed E-state index contributed by atoms with van der Waals surface area (Å²) in [5.74, 6) is 3.60. The summed E-state index contributed by atoms with van der Waals surface area (Å²) in [6, 6.07) is 11.2. The van der Waals surface area contributed by atoms with E-state index in [1.165, 1.54) is 32.2 Å². The van der Waals surface area contributed by atoms with E-state index in [4.69, 9.17) is 0 Å². The second kappa shape index (κ2) is 4.81. The van der Waals surface area contributed by atoms with E-state index in [-0.39, 0.29) is 0 Å². The first-order valence-electron chi connectivity index (χ1n) is 7.09. The van der Waals surface area contributed by atoms with Crippen molar-refractivity contribution in [2.45, 2.75) is 31.6 Å². The van der Waals surface area contributed by atoms with Gasteiger partial charge in [-0.3, -0.25) is 0 Å². The zero-order chi connectivity index (χ0) is 11.7. The number of hydrogen-bond donors (Lipinski definition) is 1. The van der Waals surface area contributed by atoms with E-state index < -0.39 is 0 Å². The van der Waals surface area contributed by atoms with E-state index in [1.807, 2.05) is 0 Å². The van der Waals surface area contributed by atoms with Gasteiger partial charge in [-0.1, -0.05) is 30.3 Å². The molecule has 0 amide bonds. The van der Waals surface area contributed by atoms with Crippen molar-refractivity contribution in [1.29, 1.82) is 0 Å². The Kier molecular flexibility index (Phi) is 3.19. The molecule has 1 nitrogen and oxygen atoms in total. The molecular weight excluding hydrogens is 206 g/mol. The molecular formula is C16H23N. The van der Waals surface area contributed by atoms with Crippen molar-refractivity contribution in [2.24, 2.45) is 17.8 Å². The highest BCUT2D eigenvalue weighted by Crippen LogP contribution is 2.52. The van der Waals surface area contributed by atoms with Gasteiger partial charge in [0, 0.05) is 0 Å². The minimum atomic E-state index is 0.816. The quantitative estimate of drug-likeness (QED) is 0.837. The van der Waals surface area contributed by atoms with Crippen LogP contribution in [0.25, 0.3) is 0 Å². The molecule has 0 heterocycles. The van der Waals surface area contributed by atoms with E-state index in [9.17, 15) is 0 Å². The van der Waals surface area contributed by atoms with Gasteiger partial charge in [0.1, 0.15) is 0 Å². The van der Waals surface area contributed by atoms with Gasteiger partial charge in [0.2, 0.25) is 0 Å². The normalized spacial score (nSPS) is 36.1. The molecule has 0 saturated heterocycles. The monoisotopic (exact) mass is 229 g/mol. The van der Waals surface area contributed by atoms with Gasteiger partial charge in [0.05, 0.1) is 0 Å². The summed E-state index contributed by atoms with van der Waals surface area (Å²) in [5, 5.41) is 3.42. The molecule has 1 N–H and O–H groups in total. The molecule has 3 aliphatic rings. The molecule has 17 heavy (non-hydrogen) atoms. The highest BCUT2D eigenvalue weighted by atomic mass is 14.8. The summed E-state index contributed by atoms with van der Waals surface area (Å²) in [5.41, 5.74) is 1.59. The smallest absolute Gasteiger partial charge is 0.00149 e. The molecule has 3 saturated carbocycles. The fraction of sp³-hybridized carbons (Fsp3) is 0.625. The van der Waals surface area contributed by atoms with Crippen molar-refractivity contribution < 1.29 is 0 Å². The number of rotatable bonds is 3. The SMILES string of the molecule is CNCC1C2CCC(CC2)C1c1ccccc1. The second-order valence-electron chi connectivity index (χ2n) is 5.83. The van der Waals surface area contributed by atoms with Crippen LogP contribution in [0, 0.1) is 17.8 Å². The average Bonchev–Trinajstić information content (AvgIpc) is 2.41. The van der Waals surface area contributed by atoms with Crippen molar-refractivity contribution >= 4 is 0 Å². The Morgan fingerprint density at radius 2 is 1.65 bits per heavy atom. The van der Waals surface area contributed by atoms with Crippen LogP contribution in [0.2, 0.25) is 0 Å². The lowest BCUT2D eigenvalue weighted by Crippen LogP contribution is -2.42. The topological polar surface area (TPSA) is 12.0 Å². The fourth-order valence-corrected chi connectivity index (χ4v) is 4.30. The Hall–Kier alpha value is -0.820. The summed E-state index contributed by atoms with van der Waals surface area (Å²) < 4.78 is 0. The Bertz CT molecular complexity index is 351. The van der Waals surface area contributed by atoms with Crippen LogP contribution in [0.4, 0.5) is 0 Å². The van der Waals surface area contributed by atoms with Crippen molar-refractivity contribution in [3.8, 4) is 0 Å². The van der Waals surface area contributed by atoms with Gasteiger partial charge >= 0.3 is 0 Å². The van der Waals surface area contributed by atoms with Crippen LogP contribution >= 0.6 is 0 Å². The van der Waals surface area contributed by atoms with E-state index in [0.29, 0.717) is 0 Å². The molecule has 92 valence electrons. The molecule has 0 spiro atoms. The molecule has 1 heteroatoms. The largest absolute Gasteiger partial charge is 0.319 e. The Balaban J connectivity index is 1.89. The van der Waals surface area contributed by atoms with Crippen LogP contribution in [0.1, 0.15) is 37.2 Å². The zero-order valence-electron chi connectivity index (χ0n) is 10.7. The standard InChI is InChI=1S/C16H23N/c1-17-11-15-12-7-9-14(10-8-12)16(15)13-5-3-2-4-6-13/h2-6,12,14-17H,7-11H2,1H3. The summed E-state index contributed by atoms with van der Waals surface area (Å²) >= 11 is 0. The fourth-order valence-electron chi connectivity index (χ4n) is 4.30. The van der Waals surface area contributed by atoms with Gasteiger partial charge in [-0.2, -0.15) is 0 Å². The minimum absolute atomic E-state index is 0.816. The highest BCUT2D eigenvalue weighted by Gasteiger charge is 2.43. The van der Waals surface area contributed by atoms with Crippen LogP contribution in [0.5, 0.6) is 0 Å². The van der Waals surface area contributed by atoms with E-state index >= 15 is 0 Å². The van der Waals surface area contributed by atoms with Gasteiger partial charge in [-0.25, -0.2) is 0 Å². The minimum Gasteiger partial charge on any atom is -0.319 e. The lowest BCUT2D eigenvalue weighted by molar-refractivity contribution is 0.0688. The molecule has 2 unspecified atom stereocenters. The molecule has 2 bridgehead atoms. The van der Waals surface area contributed by atoms with Gasteiger partial charge in [-0.05, 0) is 68.5 Å². The van der Waals surface area contributed by atoms with E-state index in [2.05, 4.69) is 42.7 Å². The predicted molar refractivity (Wildman–Crippen MR) is 72.0 cm³/mol. The van der Waals surface area contributed by atoms with Crippen molar-refractivity contribution in [1.82, 2.24) is 5.32 Å². The molecule has 1 aromatic rings. The van der Waals surface area contributed by atoms with Gasteiger partial charge in [-0.15, -0.1) is 0 Å². The number of hydrogen-bond acceptors (Lipinski definition) is 1. The van der Waals surface area contributed by atoms with Crippen LogP contribution in [-0.2, 0) is 0 Å². The van der Waals surface area contributed by atoms with Crippen LogP contribution in [0.3, 0.4) is 0 Å². The second-order valence-corrected chi connectivity index (χ2v) is 5.83. The van der Waals surface area contributed by atoms with Gasteiger partial charge in [0.25, 0.3) is 0 Å². The first-order chi connectivity index (χ1) is 8.40. The summed E-state index contributed by atoms with van der Waals surface area (Å²) in [6.07, 6.45) is 5.87. The Morgan fingerprint density at radius 3 is 2.29 bits per heavy atom. The number of benzene rings is 1. The third-order valence-electron chi connectivity index (χ3n) is 5.02. The lowest BCUT2D eigenvalue weighted by Gasteiger charge is -2.49.